The van der Waals surface area contributed by atoms with Crippen molar-refractivity contribution in [2.24, 2.45) is 0 Å². The Labute approximate surface area is 154 Å². The van der Waals surface area contributed by atoms with Crippen LogP contribution in [0.25, 0.3) is 0 Å². The van der Waals surface area contributed by atoms with E-state index in [0.29, 0.717) is 0 Å². The van der Waals surface area contributed by atoms with E-state index in [1.165, 1.54) is 0 Å². The van der Waals surface area contributed by atoms with Crippen molar-refractivity contribution in [1.29, 1.82) is 0 Å². The van der Waals surface area contributed by atoms with Gasteiger partial charge in [-0.15, -0.1) is 12.4 Å². The summed E-state index contributed by atoms with van der Waals surface area (Å²) in [4.78, 5) is 2.21. The molecule has 4 rings (SSSR count). The highest BCUT2D eigenvalue weighted by atomic mass is 35.5. The van der Waals surface area contributed by atoms with E-state index in [1.807, 2.05) is 37.4 Å². The highest BCUT2D eigenvalue weighted by Gasteiger charge is 2.46. The van der Waals surface area contributed by atoms with Crippen LogP contribution in [0.1, 0.15) is 31.0 Å². The molecule has 0 fully saturated rings. The highest BCUT2D eigenvalue weighted by Crippen LogP contribution is 2.50. The number of nitrogens with one attached hydrogen (secondary N) is 1. The predicted octanol–water partition coefficient (Wildman–Crippen LogP) is 4.07. The van der Waals surface area contributed by atoms with Gasteiger partial charge in [0.1, 0.15) is 17.7 Å². The van der Waals surface area contributed by atoms with E-state index in [-0.39, 0.29) is 35.8 Å². The van der Waals surface area contributed by atoms with E-state index in [1.54, 1.807) is 6.07 Å². The van der Waals surface area contributed by atoms with Crippen LogP contribution in [0.15, 0.2) is 42.5 Å². The second-order valence-electron chi connectivity index (χ2n) is 7.34. The van der Waals surface area contributed by atoms with Crippen molar-refractivity contribution in [3.05, 3.63) is 59.4 Å². The van der Waals surface area contributed by atoms with Crippen molar-refractivity contribution in [2.75, 3.05) is 25.0 Å². The van der Waals surface area contributed by atoms with Crippen molar-refractivity contribution in [3.8, 4) is 5.75 Å². The number of likely N-dealkylation sites (N-methyl/N-ethyl adjacent to an activating group) is 1. The molecule has 0 saturated carbocycles. The van der Waals surface area contributed by atoms with E-state index in [9.17, 15) is 4.39 Å². The summed E-state index contributed by atoms with van der Waals surface area (Å²) in [6.07, 6.45) is -0.0336. The summed E-state index contributed by atoms with van der Waals surface area (Å²) < 4.78 is 20.9. The average molecular weight is 363 g/mol. The number of hydrogen-bond donors (Lipinski definition) is 1. The quantitative estimate of drug-likeness (QED) is 0.890. The zero-order valence-electron chi connectivity index (χ0n) is 14.8. The Morgan fingerprint density at radius 1 is 1.20 bits per heavy atom. The number of ether oxygens (including phenoxy) is 1. The molecule has 0 saturated heterocycles. The summed E-state index contributed by atoms with van der Waals surface area (Å²) in [5.74, 6) is 0.760. The summed E-state index contributed by atoms with van der Waals surface area (Å²) >= 11 is 0. The van der Waals surface area contributed by atoms with E-state index in [2.05, 4.69) is 30.1 Å². The van der Waals surface area contributed by atoms with Crippen LogP contribution in [0.4, 0.5) is 10.1 Å². The van der Waals surface area contributed by atoms with Gasteiger partial charge in [-0.2, -0.15) is 0 Å². The third kappa shape index (κ3) is 2.77. The van der Waals surface area contributed by atoms with E-state index >= 15 is 0 Å². The summed E-state index contributed by atoms with van der Waals surface area (Å²) in [6, 6.07) is 13.5. The lowest BCUT2D eigenvalue weighted by Gasteiger charge is -2.32. The number of rotatable bonds is 3. The molecule has 0 amide bonds. The third-order valence-electron chi connectivity index (χ3n) is 5.18. The van der Waals surface area contributed by atoms with Crippen LogP contribution < -0.4 is 15.0 Å². The molecule has 134 valence electrons. The monoisotopic (exact) mass is 362 g/mol. The standard InChI is InChI=1S/C20H23FN2O.ClH/c1-20(2)12-23(19-14(20)8-6-9-15(19)21)18-13-7-4-5-10-16(13)24-17(18)11-22-3;/h4-10,17-18,22H,11-12H2,1-3H3;1H/t17-,18+;/m0./s1. The van der Waals surface area contributed by atoms with Gasteiger partial charge in [0.25, 0.3) is 0 Å². The molecule has 2 heterocycles. The molecule has 25 heavy (non-hydrogen) atoms. The van der Waals surface area contributed by atoms with Crippen molar-refractivity contribution in [1.82, 2.24) is 5.32 Å². The number of fused-ring (bicyclic) bond motifs is 2. The van der Waals surface area contributed by atoms with Crippen molar-refractivity contribution < 1.29 is 9.13 Å². The van der Waals surface area contributed by atoms with Gasteiger partial charge in [0.15, 0.2) is 0 Å². The first kappa shape index (κ1) is 18.0. The molecule has 0 unspecified atom stereocenters. The van der Waals surface area contributed by atoms with Crippen LogP contribution in [-0.2, 0) is 5.41 Å². The highest BCUT2D eigenvalue weighted by molar-refractivity contribution is 5.85. The van der Waals surface area contributed by atoms with E-state index < -0.39 is 0 Å². The Balaban J connectivity index is 0.00000182. The lowest BCUT2D eigenvalue weighted by Crippen LogP contribution is -2.41. The summed E-state index contributed by atoms with van der Waals surface area (Å²) in [6.45, 7) is 5.87. The van der Waals surface area contributed by atoms with E-state index in [0.717, 1.165) is 35.7 Å². The van der Waals surface area contributed by atoms with Crippen LogP contribution in [0, 0.1) is 5.82 Å². The average Bonchev–Trinajstić information content (AvgIpc) is 3.03. The van der Waals surface area contributed by atoms with Crippen LogP contribution in [0.3, 0.4) is 0 Å². The Bertz CT molecular complexity index is 780. The molecule has 1 N–H and O–H groups in total. The maximum Gasteiger partial charge on any atom is 0.146 e. The number of benzene rings is 2. The lowest BCUT2D eigenvalue weighted by atomic mass is 9.87. The van der Waals surface area contributed by atoms with Gasteiger partial charge in [0.2, 0.25) is 0 Å². The smallest absolute Gasteiger partial charge is 0.146 e. The van der Waals surface area contributed by atoms with Gasteiger partial charge in [0.05, 0.1) is 11.7 Å². The minimum Gasteiger partial charge on any atom is -0.486 e. The van der Waals surface area contributed by atoms with E-state index in [4.69, 9.17) is 4.74 Å². The predicted molar refractivity (Wildman–Crippen MR) is 102 cm³/mol. The van der Waals surface area contributed by atoms with Gasteiger partial charge in [0, 0.05) is 24.1 Å². The molecule has 5 heteroatoms. The molecule has 0 radical (unpaired) electrons. The number of nitrogens with zero attached hydrogens (tertiary/aromatic N) is 1. The minimum absolute atomic E-state index is 0. The molecule has 2 aliphatic rings. The maximum absolute atomic E-state index is 14.7. The zero-order chi connectivity index (χ0) is 16.9. The fourth-order valence-electron chi connectivity index (χ4n) is 4.16. The molecule has 0 aromatic heterocycles. The molecule has 0 aliphatic carbocycles. The summed E-state index contributed by atoms with van der Waals surface area (Å²) in [5.41, 5.74) is 2.87. The van der Waals surface area contributed by atoms with Crippen LogP contribution in [0.5, 0.6) is 5.75 Å². The van der Waals surface area contributed by atoms with Gasteiger partial charge >= 0.3 is 0 Å². The topological polar surface area (TPSA) is 24.5 Å². The van der Waals surface area contributed by atoms with Gasteiger partial charge in [-0.05, 0) is 24.7 Å². The largest absolute Gasteiger partial charge is 0.486 e. The van der Waals surface area contributed by atoms with Crippen molar-refractivity contribution in [2.45, 2.75) is 31.4 Å². The molecule has 2 atom stereocenters. The summed E-state index contributed by atoms with van der Waals surface area (Å²) in [5, 5.41) is 3.21. The fraction of sp³-hybridized carbons (Fsp3) is 0.400. The normalized spacial score (nSPS) is 22.8. The second-order valence-corrected chi connectivity index (χ2v) is 7.34. The Kier molecular flexibility index (Phi) is 4.69. The molecule has 2 aromatic carbocycles. The third-order valence-corrected chi connectivity index (χ3v) is 5.18. The van der Waals surface area contributed by atoms with Gasteiger partial charge in [-0.25, -0.2) is 4.39 Å². The fourth-order valence-corrected chi connectivity index (χ4v) is 4.16. The Hall–Kier alpha value is -1.78. The molecule has 2 aliphatic heterocycles. The Morgan fingerprint density at radius 2 is 1.96 bits per heavy atom. The maximum atomic E-state index is 14.7. The zero-order valence-corrected chi connectivity index (χ0v) is 15.6. The molecular weight excluding hydrogens is 339 g/mol. The van der Waals surface area contributed by atoms with Gasteiger partial charge in [-0.3, -0.25) is 0 Å². The van der Waals surface area contributed by atoms with Crippen LogP contribution in [0.2, 0.25) is 0 Å². The second kappa shape index (κ2) is 6.50. The minimum atomic E-state index is -0.148. The first-order chi connectivity index (χ1) is 11.5. The van der Waals surface area contributed by atoms with Crippen molar-refractivity contribution in [3.63, 3.8) is 0 Å². The number of halogens is 2. The molecule has 3 nitrogen and oxygen atoms in total. The first-order valence-electron chi connectivity index (χ1n) is 8.49. The first-order valence-corrected chi connectivity index (χ1v) is 8.49. The lowest BCUT2D eigenvalue weighted by molar-refractivity contribution is 0.200. The van der Waals surface area contributed by atoms with Crippen LogP contribution >= 0.6 is 12.4 Å². The molecule has 0 bridgehead atoms. The number of hydrogen-bond acceptors (Lipinski definition) is 3. The molecule has 2 aromatic rings. The van der Waals surface area contributed by atoms with Crippen LogP contribution in [-0.4, -0.2) is 26.2 Å². The SMILES string of the molecule is CNC[C@@H]1Oc2ccccc2[C@H]1N1CC(C)(C)c2cccc(F)c21.Cl. The van der Waals surface area contributed by atoms with Crippen molar-refractivity contribution >= 4 is 18.1 Å². The molecular formula is C20H24ClFN2O. The summed E-state index contributed by atoms with van der Waals surface area (Å²) in [7, 11) is 1.92. The number of anilines is 1. The number of para-hydroxylation sites is 2. The van der Waals surface area contributed by atoms with Gasteiger partial charge in [-0.1, -0.05) is 44.2 Å². The Morgan fingerprint density at radius 3 is 2.72 bits per heavy atom. The molecule has 0 spiro atoms. The van der Waals surface area contributed by atoms with Gasteiger partial charge < -0.3 is 15.0 Å².